The minimum Gasteiger partial charge on any atom is -0.465 e. The van der Waals surface area contributed by atoms with Gasteiger partial charge in [-0.3, -0.25) is 4.79 Å². The highest BCUT2D eigenvalue weighted by Crippen LogP contribution is 2.36. The van der Waals surface area contributed by atoms with Crippen molar-refractivity contribution >= 4 is 34.4 Å². The van der Waals surface area contributed by atoms with Gasteiger partial charge in [0, 0.05) is 17.5 Å². The molecule has 0 aliphatic carbocycles. The molecule has 0 saturated heterocycles. The summed E-state index contributed by atoms with van der Waals surface area (Å²) in [7, 11) is 0. The molecule has 0 atom stereocenters. The Morgan fingerprint density at radius 1 is 1.44 bits per heavy atom. The number of nitrogens with zero attached hydrogens (tertiary/aromatic N) is 2. The second kappa shape index (κ2) is 7.60. The van der Waals surface area contributed by atoms with E-state index >= 15 is 0 Å². The van der Waals surface area contributed by atoms with E-state index in [0.29, 0.717) is 34.7 Å². The molecular formula is C19H16FN3O3S. The maximum absolute atomic E-state index is 13.6. The first-order valence-corrected chi connectivity index (χ1v) is 8.99. The van der Waals surface area contributed by atoms with Crippen LogP contribution in [0.2, 0.25) is 0 Å². The molecule has 3 rings (SSSR count). The molecule has 1 aromatic carbocycles. The zero-order chi connectivity index (χ0) is 19.6. The summed E-state index contributed by atoms with van der Waals surface area (Å²) in [6, 6.07) is 6.72. The van der Waals surface area contributed by atoms with E-state index in [2.05, 4.69) is 11.4 Å². The fourth-order valence-corrected chi connectivity index (χ4v) is 4.11. The van der Waals surface area contributed by atoms with Crippen LogP contribution in [0.1, 0.15) is 27.1 Å². The molecule has 2 N–H and O–H groups in total. The highest BCUT2D eigenvalue weighted by atomic mass is 32.1. The SMILES string of the molecule is Cc1c(F)cccc1C=CC(=O)Nc1sc2c(c1C#N)CCN(C(=O)O)C2. The fraction of sp³-hybridized carbons (Fsp3) is 0.211. The Balaban J connectivity index is 1.79. The van der Waals surface area contributed by atoms with Crippen LogP contribution in [0.3, 0.4) is 0 Å². The van der Waals surface area contributed by atoms with Gasteiger partial charge in [0.1, 0.15) is 16.9 Å². The number of halogens is 1. The van der Waals surface area contributed by atoms with Gasteiger partial charge in [-0.05, 0) is 42.2 Å². The molecule has 0 unspecified atom stereocenters. The average Bonchev–Trinajstić information content (AvgIpc) is 2.98. The standard InChI is InChI=1S/C19H16FN3O3S/c1-11-12(3-2-4-15(11)20)5-6-17(24)22-18-14(9-21)13-7-8-23(19(25)26)10-16(13)27-18/h2-6H,7-8,10H2,1H3,(H,22,24)(H,25,26). The number of hydrogen-bond donors (Lipinski definition) is 2. The minimum atomic E-state index is -1.01. The molecule has 1 aliphatic rings. The summed E-state index contributed by atoms with van der Waals surface area (Å²) in [5.74, 6) is -0.790. The average molecular weight is 385 g/mol. The van der Waals surface area contributed by atoms with Gasteiger partial charge in [0.05, 0.1) is 12.1 Å². The normalized spacial score (nSPS) is 13.3. The summed E-state index contributed by atoms with van der Waals surface area (Å²) in [6.07, 6.45) is 2.23. The first kappa shape index (κ1) is 18.6. The van der Waals surface area contributed by atoms with E-state index in [4.69, 9.17) is 5.11 Å². The van der Waals surface area contributed by atoms with Crippen LogP contribution in [-0.2, 0) is 17.8 Å². The number of amides is 2. The largest absolute Gasteiger partial charge is 0.465 e. The van der Waals surface area contributed by atoms with Crippen LogP contribution in [-0.4, -0.2) is 28.6 Å². The number of carboxylic acid groups (broad SMARTS) is 1. The maximum Gasteiger partial charge on any atom is 0.407 e. The zero-order valence-electron chi connectivity index (χ0n) is 14.5. The van der Waals surface area contributed by atoms with Crippen LogP contribution in [0.25, 0.3) is 6.08 Å². The zero-order valence-corrected chi connectivity index (χ0v) is 15.3. The third-order valence-electron chi connectivity index (χ3n) is 4.40. The van der Waals surface area contributed by atoms with Gasteiger partial charge in [-0.15, -0.1) is 11.3 Å². The summed E-state index contributed by atoms with van der Waals surface area (Å²) in [6.45, 7) is 2.15. The molecule has 138 valence electrons. The number of rotatable bonds is 3. The topological polar surface area (TPSA) is 93.4 Å². The number of nitriles is 1. The van der Waals surface area contributed by atoms with E-state index < -0.39 is 12.0 Å². The highest BCUT2D eigenvalue weighted by Gasteiger charge is 2.27. The highest BCUT2D eigenvalue weighted by molar-refractivity contribution is 7.16. The Hall–Kier alpha value is -3.18. The number of fused-ring (bicyclic) bond motifs is 1. The molecule has 2 heterocycles. The van der Waals surface area contributed by atoms with E-state index in [0.717, 1.165) is 10.4 Å². The number of anilines is 1. The van der Waals surface area contributed by atoms with Crippen LogP contribution in [0.4, 0.5) is 14.2 Å². The Kier molecular flexibility index (Phi) is 5.23. The van der Waals surface area contributed by atoms with Gasteiger partial charge in [-0.2, -0.15) is 5.26 Å². The van der Waals surface area contributed by atoms with Crippen molar-refractivity contribution in [2.45, 2.75) is 19.9 Å². The Labute approximate surface area is 159 Å². The molecule has 1 aromatic heterocycles. The lowest BCUT2D eigenvalue weighted by Crippen LogP contribution is -2.34. The number of carbonyl (C=O) groups excluding carboxylic acids is 1. The van der Waals surface area contributed by atoms with Crippen molar-refractivity contribution in [3.8, 4) is 6.07 Å². The predicted molar refractivity (Wildman–Crippen MR) is 100.0 cm³/mol. The minimum absolute atomic E-state index is 0.207. The number of thiophene rings is 1. The van der Waals surface area contributed by atoms with Crippen molar-refractivity contribution in [1.29, 1.82) is 5.26 Å². The molecule has 0 bridgehead atoms. The third kappa shape index (κ3) is 3.83. The van der Waals surface area contributed by atoms with Crippen molar-refractivity contribution in [3.63, 3.8) is 0 Å². The van der Waals surface area contributed by atoms with Gasteiger partial charge in [-0.1, -0.05) is 12.1 Å². The van der Waals surface area contributed by atoms with Gasteiger partial charge in [0.25, 0.3) is 0 Å². The van der Waals surface area contributed by atoms with E-state index in [1.807, 2.05) is 0 Å². The molecular weight excluding hydrogens is 369 g/mol. The molecule has 27 heavy (non-hydrogen) atoms. The molecule has 1 aliphatic heterocycles. The first-order chi connectivity index (χ1) is 12.9. The quantitative estimate of drug-likeness (QED) is 0.787. The van der Waals surface area contributed by atoms with Gasteiger partial charge in [-0.25, -0.2) is 9.18 Å². The Morgan fingerprint density at radius 3 is 2.93 bits per heavy atom. The second-order valence-electron chi connectivity index (χ2n) is 6.05. The Bertz CT molecular complexity index is 991. The van der Waals surface area contributed by atoms with Gasteiger partial charge < -0.3 is 15.3 Å². The van der Waals surface area contributed by atoms with Crippen LogP contribution in [0.15, 0.2) is 24.3 Å². The molecule has 6 nitrogen and oxygen atoms in total. The van der Waals surface area contributed by atoms with E-state index in [1.165, 1.54) is 34.5 Å². The van der Waals surface area contributed by atoms with Crippen LogP contribution in [0, 0.1) is 24.1 Å². The van der Waals surface area contributed by atoms with E-state index in [1.54, 1.807) is 19.1 Å². The molecule has 8 heteroatoms. The lowest BCUT2D eigenvalue weighted by molar-refractivity contribution is -0.111. The van der Waals surface area contributed by atoms with Crippen LogP contribution >= 0.6 is 11.3 Å². The second-order valence-corrected chi connectivity index (χ2v) is 7.16. The van der Waals surface area contributed by atoms with Crippen molar-refractivity contribution in [2.75, 3.05) is 11.9 Å². The van der Waals surface area contributed by atoms with Gasteiger partial charge in [0.2, 0.25) is 5.91 Å². The lowest BCUT2D eigenvalue weighted by atomic mass is 10.0. The fourth-order valence-electron chi connectivity index (χ4n) is 2.90. The van der Waals surface area contributed by atoms with Crippen molar-refractivity contribution in [3.05, 3.63) is 57.2 Å². The maximum atomic E-state index is 13.6. The summed E-state index contributed by atoms with van der Waals surface area (Å²) in [5, 5.41) is 21.6. The molecule has 2 aromatic rings. The Morgan fingerprint density at radius 2 is 2.22 bits per heavy atom. The lowest BCUT2D eigenvalue weighted by Gasteiger charge is -2.23. The molecule has 0 fully saturated rings. The van der Waals surface area contributed by atoms with E-state index in [-0.39, 0.29) is 12.4 Å². The van der Waals surface area contributed by atoms with E-state index in [9.17, 15) is 19.2 Å². The monoisotopic (exact) mass is 385 g/mol. The summed E-state index contributed by atoms with van der Waals surface area (Å²) >= 11 is 1.21. The van der Waals surface area contributed by atoms with Gasteiger partial charge >= 0.3 is 6.09 Å². The number of hydrogen-bond acceptors (Lipinski definition) is 4. The first-order valence-electron chi connectivity index (χ1n) is 8.17. The summed E-state index contributed by atoms with van der Waals surface area (Å²) in [5.41, 5.74) is 2.21. The van der Waals surface area contributed by atoms with Crippen molar-refractivity contribution in [1.82, 2.24) is 4.90 Å². The molecule has 0 saturated carbocycles. The van der Waals surface area contributed by atoms with Crippen LogP contribution < -0.4 is 5.32 Å². The summed E-state index contributed by atoms with van der Waals surface area (Å²) < 4.78 is 13.6. The molecule has 0 radical (unpaired) electrons. The number of carbonyl (C=O) groups is 2. The number of benzene rings is 1. The van der Waals surface area contributed by atoms with Crippen molar-refractivity contribution < 1.29 is 19.1 Å². The molecule has 0 spiro atoms. The van der Waals surface area contributed by atoms with Crippen molar-refractivity contribution in [2.24, 2.45) is 0 Å². The van der Waals surface area contributed by atoms with Crippen LogP contribution in [0.5, 0.6) is 0 Å². The predicted octanol–water partition coefficient (Wildman–Crippen LogP) is 3.76. The van der Waals surface area contributed by atoms with Gasteiger partial charge in [0.15, 0.2) is 0 Å². The molecule has 2 amide bonds. The summed E-state index contributed by atoms with van der Waals surface area (Å²) in [4.78, 5) is 25.4. The third-order valence-corrected chi connectivity index (χ3v) is 5.53. The number of nitrogens with one attached hydrogen (secondary N) is 1. The smallest absolute Gasteiger partial charge is 0.407 e.